The first kappa shape index (κ1) is 15.8. The van der Waals surface area contributed by atoms with Crippen LogP contribution >= 0.6 is 0 Å². The Morgan fingerprint density at radius 2 is 2.00 bits per heavy atom. The van der Waals surface area contributed by atoms with Gasteiger partial charge in [-0.15, -0.1) is 0 Å². The molecule has 0 radical (unpaired) electrons. The molecule has 2 saturated heterocycles. The normalized spacial score (nSPS) is 22.9. The Hall–Kier alpha value is -2.08. The van der Waals surface area contributed by atoms with Gasteiger partial charge < -0.3 is 19.5 Å². The highest BCUT2D eigenvalue weighted by atomic mass is 16.5. The number of morpholine rings is 1. The van der Waals surface area contributed by atoms with E-state index < -0.39 is 5.97 Å². The number of carboxylic acids is 1. The van der Waals surface area contributed by atoms with E-state index in [0.717, 1.165) is 18.4 Å². The average Bonchev–Trinajstić information content (AvgIpc) is 2.77. The van der Waals surface area contributed by atoms with Gasteiger partial charge in [-0.05, 0) is 37.5 Å². The van der Waals surface area contributed by atoms with E-state index in [1.165, 1.54) is 6.07 Å². The zero-order valence-corrected chi connectivity index (χ0v) is 13.2. The van der Waals surface area contributed by atoms with Crippen molar-refractivity contribution in [2.45, 2.75) is 38.3 Å². The fourth-order valence-corrected chi connectivity index (χ4v) is 3.43. The number of fused-ring (bicyclic) bond motifs is 2. The molecule has 1 N–H and O–H groups in total. The van der Waals surface area contributed by atoms with Crippen LogP contribution in [0.4, 0.5) is 0 Å². The SMILES string of the molecule is CCOc1cc(CC(=O)N2C3CCC2COC3)ccc1C(=O)O. The van der Waals surface area contributed by atoms with Gasteiger partial charge in [0.25, 0.3) is 0 Å². The van der Waals surface area contributed by atoms with Crippen LogP contribution in [0.1, 0.15) is 35.7 Å². The number of carbonyl (C=O) groups is 2. The van der Waals surface area contributed by atoms with Gasteiger partial charge in [0.1, 0.15) is 11.3 Å². The van der Waals surface area contributed by atoms with Crippen molar-refractivity contribution in [1.82, 2.24) is 4.90 Å². The van der Waals surface area contributed by atoms with Crippen molar-refractivity contribution in [1.29, 1.82) is 0 Å². The number of nitrogens with zero attached hydrogens (tertiary/aromatic N) is 1. The number of rotatable bonds is 5. The summed E-state index contributed by atoms with van der Waals surface area (Å²) < 4.78 is 10.9. The summed E-state index contributed by atoms with van der Waals surface area (Å²) in [6.45, 7) is 3.41. The molecule has 23 heavy (non-hydrogen) atoms. The third-order valence-corrected chi connectivity index (χ3v) is 4.46. The maximum Gasteiger partial charge on any atom is 0.339 e. The number of hydrogen-bond acceptors (Lipinski definition) is 4. The molecule has 0 saturated carbocycles. The van der Waals surface area contributed by atoms with Gasteiger partial charge in [0.15, 0.2) is 0 Å². The van der Waals surface area contributed by atoms with Gasteiger partial charge >= 0.3 is 5.97 Å². The Kier molecular flexibility index (Phi) is 4.52. The second-order valence-corrected chi connectivity index (χ2v) is 5.97. The van der Waals surface area contributed by atoms with E-state index in [2.05, 4.69) is 0 Å². The molecule has 0 spiro atoms. The lowest BCUT2D eigenvalue weighted by molar-refractivity contribution is -0.140. The molecule has 2 atom stereocenters. The molecule has 0 aliphatic carbocycles. The maximum absolute atomic E-state index is 12.6. The first-order valence-corrected chi connectivity index (χ1v) is 7.98. The quantitative estimate of drug-likeness (QED) is 0.894. The van der Waals surface area contributed by atoms with Crippen LogP contribution < -0.4 is 4.74 Å². The van der Waals surface area contributed by atoms with Crippen LogP contribution in [-0.2, 0) is 16.0 Å². The largest absolute Gasteiger partial charge is 0.493 e. The van der Waals surface area contributed by atoms with Crippen molar-refractivity contribution in [2.75, 3.05) is 19.8 Å². The molecule has 2 unspecified atom stereocenters. The monoisotopic (exact) mass is 319 g/mol. The number of benzene rings is 1. The summed E-state index contributed by atoms with van der Waals surface area (Å²) in [6, 6.07) is 5.22. The van der Waals surface area contributed by atoms with Crippen molar-refractivity contribution in [3.05, 3.63) is 29.3 Å². The Morgan fingerprint density at radius 3 is 2.61 bits per heavy atom. The van der Waals surface area contributed by atoms with Gasteiger partial charge in [-0.2, -0.15) is 0 Å². The van der Waals surface area contributed by atoms with Gasteiger partial charge in [-0.1, -0.05) is 6.07 Å². The number of carbonyl (C=O) groups excluding carboxylic acids is 1. The fourth-order valence-electron chi connectivity index (χ4n) is 3.43. The van der Waals surface area contributed by atoms with Gasteiger partial charge in [0, 0.05) is 0 Å². The molecule has 124 valence electrons. The van der Waals surface area contributed by atoms with Crippen LogP contribution in [0.3, 0.4) is 0 Å². The molecule has 1 amide bonds. The lowest BCUT2D eigenvalue weighted by Gasteiger charge is -2.34. The summed E-state index contributed by atoms with van der Waals surface area (Å²) >= 11 is 0. The third-order valence-electron chi connectivity index (χ3n) is 4.46. The Balaban J connectivity index is 1.76. The number of amides is 1. The average molecular weight is 319 g/mol. The van der Waals surface area contributed by atoms with Crippen LogP contribution in [-0.4, -0.2) is 53.8 Å². The molecule has 0 aromatic heterocycles. The summed E-state index contributed by atoms with van der Waals surface area (Å²) in [4.78, 5) is 25.8. The second-order valence-electron chi connectivity index (χ2n) is 5.97. The number of aromatic carboxylic acids is 1. The Labute approximate surface area is 135 Å². The van der Waals surface area contributed by atoms with Crippen molar-refractivity contribution in [2.24, 2.45) is 0 Å². The van der Waals surface area contributed by atoms with E-state index in [0.29, 0.717) is 25.6 Å². The maximum atomic E-state index is 12.6. The molecular formula is C17H21NO5. The topological polar surface area (TPSA) is 76.1 Å². The summed E-state index contributed by atoms with van der Waals surface area (Å²) in [7, 11) is 0. The van der Waals surface area contributed by atoms with Gasteiger partial charge in [-0.3, -0.25) is 4.79 Å². The van der Waals surface area contributed by atoms with Crippen molar-refractivity contribution < 1.29 is 24.2 Å². The number of ether oxygens (including phenoxy) is 2. The first-order chi connectivity index (χ1) is 11.1. The standard InChI is InChI=1S/C17H21NO5/c1-2-23-15-7-11(3-6-14(15)17(20)21)8-16(19)18-12-4-5-13(18)10-22-9-12/h3,6-7,12-13H,2,4-5,8-10H2,1H3,(H,20,21). The van der Waals surface area contributed by atoms with E-state index in [9.17, 15) is 14.7 Å². The molecule has 2 fully saturated rings. The molecule has 1 aromatic rings. The molecule has 6 heteroatoms. The Morgan fingerprint density at radius 1 is 1.30 bits per heavy atom. The van der Waals surface area contributed by atoms with Crippen molar-refractivity contribution >= 4 is 11.9 Å². The third kappa shape index (κ3) is 3.17. The van der Waals surface area contributed by atoms with Crippen LogP contribution in [0.5, 0.6) is 5.75 Å². The lowest BCUT2D eigenvalue weighted by atomic mass is 10.1. The van der Waals surface area contributed by atoms with Crippen LogP contribution in [0, 0.1) is 0 Å². The van der Waals surface area contributed by atoms with Crippen molar-refractivity contribution in [3.8, 4) is 5.75 Å². The molecular weight excluding hydrogens is 298 g/mol. The predicted octanol–water partition coefficient (Wildman–Crippen LogP) is 1.72. The zero-order valence-electron chi connectivity index (χ0n) is 13.2. The second kappa shape index (κ2) is 6.58. The molecule has 2 heterocycles. The van der Waals surface area contributed by atoms with Crippen molar-refractivity contribution in [3.63, 3.8) is 0 Å². The van der Waals surface area contributed by atoms with Crippen LogP contribution in [0.15, 0.2) is 18.2 Å². The highest BCUT2D eigenvalue weighted by molar-refractivity contribution is 5.91. The minimum absolute atomic E-state index is 0.0753. The molecule has 3 rings (SSSR count). The first-order valence-electron chi connectivity index (χ1n) is 7.98. The minimum Gasteiger partial charge on any atom is -0.493 e. The fraction of sp³-hybridized carbons (Fsp3) is 0.529. The molecule has 2 aliphatic rings. The molecule has 1 aromatic carbocycles. The van der Waals surface area contributed by atoms with Crippen LogP contribution in [0.25, 0.3) is 0 Å². The van der Waals surface area contributed by atoms with E-state index in [1.807, 2.05) is 4.90 Å². The lowest BCUT2D eigenvalue weighted by Crippen LogP contribution is -2.49. The highest BCUT2D eigenvalue weighted by Gasteiger charge is 2.40. The van der Waals surface area contributed by atoms with E-state index in [1.54, 1.807) is 19.1 Å². The van der Waals surface area contributed by atoms with Gasteiger partial charge in [0.05, 0.1) is 38.3 Å². The zero-order chi connectivity index (χ0) is 16.4. The summed E-state index contributed by atoms with van der Waals surface area (Å²) in [5.74, 6) is -0.640. The molecule has 2 aliphatic heterocycles. The summed E-state index contributed by atoms with van der Waals surface area (Å²) in [5, 5.41) is 9.18. The number of carboxylic acid groups (broad SMARTS) is 1. The van der Waals surface area contributed by atoms with E-state index in [4.69, 9.17) is 9.47 Å². The Bertz CT molecular complexity index is 599. The minimum atomic E-state index is -1.03. The van der Waals surface area contributed by atoms with Gasteiger partial charge in [0.2, 0.25) is 5.91 Å². The van der Waals surface area contributed by atoms with E-state index >= 15 is 0 Å². The van der Waals surface area contributed by atoms with Crippen LogP contribution in [0.2, 0.25) is 0 Å². The summed E-state index contributed by atoms with van der Waals surface area (Å²) in [5.41, 5.74) is 0.892. The molecule has 2 bridgehead atoms. The van der Waals surface area contributed by atoms with E-state index in [-0.39, 0.29) is 30.0 Å². The van der Waals surface area contributed by atoms with Gasteiger partial charge in [-0.25, -0.2) is 4.79 Å². The number of hydrogen-bond donors (Lipinski definition) is 1. The predicted molar refractivity (Wildman–Crippen MR) is 82.7 cm³/mol. The smallest absolute Gasteiger partial charge is 0.339 e. The molecule has 6 nitrogen and oxygen atoms in total. The highest BCUT2D eigenvalue weighted by Crippen LogP contribution is 2.30. The summed E-state index contributed by atoms with van der Waals surface area (Å²) in [6.07, 6.45) is 2.25.